The minimum atomic E-state index is -0.775. The third-order valence-electron chi connectivity index (χ3n) is 5.34. The van der Waals surface area contributed by atoms with Crippen LogP contribution in [0.4, 0.5) is 0 Å². The summed E-state index contributed by atoms with van der Waals surface area (Å²) < 4.78 is 0. The van der Waals surface area contributed by atoms with Crippen molar-refractivity contribution in [1.29, 1.82) is 5.26 Å². The molecular formula is C17H21NO. The molecule has 0 aromatic heterocycles. The van der Waals surface area contributed by atoms with Gasteiger partial charge in [-0.2, -0.15) is 5.26 Å². The molecule has 2 bridgehead atoms. The van der Waals surface area contributed by atoms with Crippen LogP contribution in [-0.2, 0) is 12.8 Å². The third kappa shape index (κ3) is 1.80. The minimum absolute atomic E-state index is 0.223. The van der Waals surface area contributed by atoms with Crippen LogP contribution >= 0.6 is 0 Å². The molecule has 3 atom stereocenters. The number of nitriles is 1. The monoisotopic (exact) mass is 255 g/mol. The molecular weight excluding hydrogens is 234 g/mol. The van der Waals surface area contributed by atoms with Gasteiger partial charge in [0.15, 0.2) is 0 Å². The Morgan fingerprint density at radius 2 is 1.79 bits per heavy atom. The van der Waals surface area contributed by atoms with Crippen molar-refractivity contribution >= 4 is 0 Å². The van der Waals surface area contributed by atoms with Crippen molar-refractivity contribution in [2.24, 2.45) is 17.8 Å². The van der Waals surface area contributed by atoms with E-state index in [1.165, 1.54) is 11.1 Å². The van der Waals surface area contributed by atoms with Gasteiger partial charge in [0.2, 0.25) is 0 Å². The van der Waals surface area contributed by atoms with Gasteiger partial charge < -0.3 is 5.11 Å². The Morgan fingerprint density at radius 1 is 1.26 bits per heavy atom. The van der Waals surface area contributed by atoms with Crippen molar-refractivity contribution in [2.75, 3.05) is 0 Å². The lowest BCUT2D eigenvalue weighted by Gasteiger charge is -2.37. The summed E-state index contributed by atoms with van der Waals surface area (Å²) >= 11 is 0. The fourth-order valence-corrected chi connectivity index (χ4v) is 4.31. The van der Waals surface area contributed by atoms with Crippen LogP contribution < -0.4 is 0 Å². The van der Waals surface area contributed by atoms with E-state index in [2.05, 4.69) is 30.3 Å². The Kier molecular flexibility index (Phi) is 3.11. The second-order valence-electron chi connectivity index (χ2n) is 6.13. The van der Waals surface area contributed by atoms with Gasteiger partial charge in [-0.25, -0.2) is 0 Å². The number of rotatable bonds is 2. The minimum Gasteiger partial charge on any atom is -0.388 e. The molecule has 2 aliphatic rings. The molecule has 3 rings (SSSR count). The highest BCUT2D eigenvalue weighted by Gasteiger charge is 2.54. The molecule has 19 heavy (non-hydrogen) atoms. The lowest BCUT2D eigenvalue weighted by atomic mass is 9.72. The quantitative estimate of drug-likeness (QED) is 0.882. The largest absolute Gasteiger partial charge is 0.388 e. The molecule has 0 saturated heterocycles. The van der Waals surface area contributed by atoms with E-state index < -0.39 is 5.60 Å². The Hall–Kier alpha value is -1.33. The van der Waals surface area contributed by atoms with Crippen LogP contribution in [0.1, 0.15) is 37.3 Å². The summed E-state index contributed by atoms with van der Waals surface area (Å²) in [5, 5.41) is 20.7. The molecule has 100 valence electrons. The summed E-state index contributed by atoms with van der Waals surface area (Å²) in [4.78, 5) is 0. The molecule has 0 amide bonds. The first-order valence-electron chi connectivity index (χ1n) is 7.38. The highest BCUT2D eigenvalue weighted by molar-refractivity contribution is 5.32. The van der Waals surface area contributed by atoms with Crippen LogP contribution in [0.15, 0.2) is 24.3 Å². The van der Waals surface area contributed by atoms with Gasteiger partial charge in [0.05, 0.1) is 17.6 Å². The average Bonchev–Trinajstić information content (AvgIpc) is 2.63. The van der Waals surface area contributed by atoms with E-state index in [1.807, 2.05) is 6.92 Å². The van der Waals surface area contributed by atoms with E-state index in [1.54, 1.807) is 0 Å². The summed E-state index contributed by atoms with van der Waals surface area (Å²) in [7, 11) is 0. The molecule has 0 spiro atoms. The van der Waals surface area contributed by atoms with Crippen molar-refractivity contribution in [1.82, 2.24) is 0 Å². The smallest absolute Gasteiger partial charge is 0.0867 e. The topological polar surface area (TPSA) is 44.0 Å². The van der Waals surface area contributed by atoms with Gasteiger partial charge in [0.1, 0.15) is 0 Å². The Morgan fingerprint density at radius 3 is 2.21 bits per heavy atom. The van der Waals surface area contributed by atoms with Crippen LogP contribution in [0.2, 0.25) is 0 Å². The average molecular weight is 255 g/mol. The number of hydrogen-bond acceptors (Lipinski definition) is 2. The molecule has 3 unspecified atom stereocenters. The van der Waals surface area contributed by atoms with Gasteiger partial charge in [0.25, 0.3) is 0 Å². The molecule has 2 aliphatic carbocycles. The number of benzene rings is 1. The highest BCUT2D eigenvalue weighted by Crippen LogP contribution is 2.51. The lowest BCUT2D eigenvalue weighted by Crippen LogP contribution is -2.46. The predicted octanol–water partition coefficient (Wildman–Crippen LogP) is 3.09. The van der Waals surface area contributed by atoms with E-state index >= 15 is 0 Å². The second-order valence-corrected chi connectivity index (χ2v) is 6.13. The summed E-state index contributed by atoms with van der Waals surface area (Å²) in [5.74, 6) is 0.288. The second kappa shape index (κ2) is 4.65. The van der Waals surface area contributed by atoms with Gasteiger partial charge in [-0.15, -0.1) is 0 Å². The zero-order valence-corrected chi connectivity index (χ0v) is 11.5. The molecule has 0 aliphatic heterocycles. The predicted molar refractivity (Wildman–Crippen MR) is 74.4 cm³/mol. The van der Waals surface area contributed by atoms with Gasteiger partial charge in [-0.05, 0) is 55.1 Å². The molecule has 2 nitrogen and oxygen atoms in total. The first-order chi connectivity index (χ1) is 9.20. The summed E-state index contributed by atoms with van der Waals surface area (Å²) in [6.07, 6.45) is 4.74. The molecule has 1 fully saturated rings. The van der Waals surface area contributed by atoms with Gasteiger partial charge in [-0.1, -0.05) is 31.2 Å². The van der Waals surface area contributed by atoms with Crippen LogP contribution in [-0.4, -0.2) is 10.7 Å². The van der Waals surface area contributed by atoms with Crippen molar-refractivity contribution in [3.05, 3.63) is 35.4 Å². The van der Waals surface area contributed by atoms with E-state index in [4.69, 9.17) is 0 Å². The molecule has 1 aromatic carbocycles. The Balaban J connectivity index is 2.02. The maximum Gasteiger partial charge on any atom is 0.0867 e. The van der Waals surface area contributed by atoms with E-state index in [0.717, 1.165) is 32.1 Å². The standard InChI is InChI=1S/C17H21NO/c1-2-14(11-18)17(19)15-7-8-16(17)10-13-6-4-3-5-12(13)9-15/h3-6,14-16,19H,2,7-10H2,1H3. The molecule has 1 aromatic rings. The maximum absolute atomic E-state index is 11.3. The lowest BCUT2D eigenvalue weighted by molar-refractivity contribution is -0.0675. The molecule has 1 N–H and O–H groups in total. The fourth-order valence-electron chi connectivity index (χ4n) is 4.31. The van der Waals surface area contributed by atoms with Gasteiger partial charge >= 0.3 is 0 Å². The molecule has 1 saturated carbocycles. The molecule has 0 radical (unpaired) electrons. The number of fused-ring (bicyclic) bond motifs is 3. The highest BCUT2D eigenvalue weighted by atomic mass is 16.3. The first kappa shape index (κ1) is 12.7. The fraction of sp³-hybridized carbons (Fsp3) is 0.588. The Labute approximate surface area is 115 Å². The Bertz CT molecular complexity index is 483. The van der Waals surface area contributed by atoms with Crippen LogP contribution in [0.25, 0.3) is 0 Å². The van der Waals surface area contributed by atoms with Gasteiger partial charge in [-0.3, -0.25) is 0 Å². The SMILES string of the molecule is CCC(C#N)C1(O)C2CCC1Cc1ccccc1C2. The third-order valence-corrected chi connectivity index (χ3v) is 5.34. The van der Waals surface area contributed by atoms with Crippen molar-refractivity contribution in [3.63, 3.8) is 0 Å². The van der Waals surface area contributed by atoms with Gasteiger partial charge in [0, 0.05) is 0 Å². The normalized spacial score (nSPS) is 34.2. The van der Waals surface area contributed by atoms with Crippen molar-refractivity contribution < 1.29 is 5.11 Å². The zero-order valence-electron chi connectivity index (χ0n) is 11.5. The van der Waals surface area contributed by atoms with E-state index in [0.29, 0.717) is 0 Å². The summed E-state index contributed by atoms with van der Waals surface area (Å²) in [6.45, 7) is 2.02. The first-order valence-corrected chi connectivity index (χ1v) is 7.38. The van der Waals surface area contributed by atoms with Crippen LogP contribution in [0.3, 0.4) is 0 Å². The van der Waals surface area contributed by atoms with Crippen LogP contribution in [0, 0.1) is 29.1 Å². The summed E-state index contributed by atoms with van der Waals surface area (Å²) in [6, 6.07) is 10.9. The zero-order chi connectivity index (χ0) is 13.5. The molecule has 2 heteroatoms. The number of hydrogen-bond donors (Lipinski definition) is 1. The number of aliphatic hydroxyl groups is 1. The van der Waals surface area contributed by atoms with Crippen LogP contribution in [0.5, 0.6) is 0 Å². The maximum atomic E-state index is 11.3. The van der Waals surface area contributed by atoms with E-state index in [9.17, 15) is 10.4 Å². The van der Waals surface area contributed by atoms with Crippen molar-refractivity contribution in [3.8, 4) is 6.07 Å². The van der Waals surface area contributed by atoms with E-state index in [-0.39, 0.29) is 17.8 Å². The number of nitrogens with zero attached hydrogens (tertiary/aromatic N) is 1. The summed E-state index contributed by atoms with van der Waals surface area (Å²) in [5.41, 5.74) is 1.98. The molecule has 0 heterocycles. The van der Waals surface area contributed by atoms with Crippen molar-refractivity contribution in [2.45, 2.75) is 44.6 Å².